The van der Waals surface area contributed by atoms with Gasteiger partial charge in [-0.05, 0) is 18.6 Å². The summed E-state index contributed by atoms with van der Waals surface area (Å²) in [6.45, 7) is 6.32. The Morgan fingerprint density at radius 2 is 1.96 bits per heavy atom. The van der Waals surface area contributed by atoms with Crippen molar-refractivity contribution in [2.24, 2.45) is 7.05 Å². The van der Waals surface area contributed by atoms with Crippen LogP contribution >= 0.6 is 0 Å². The van der Waals surface area contributed by atoms with Gasteiger partial charge in [-0.15, -0.1) is 0 Å². The third-order valence-corrected chi connectivity index (χ3v) is 7.03. The highest BCUT2D eigenvalue weighted by Crippen LogP contribution is 2.40. The number of rotatable bonds is 4. The summed E-state index contributed by atoms with van der Waals surface area (Å²) in [5, 5.41) is 4.21. The van der Waals surface area contributed by atoms with Crippen LogP contribution in [0.4, 0.5) is 5.69 Å². The minimum Gasteiger partial charge on any atom is -0.379 e. The second-order valence-electron chi connectivity index (χ2n) is 6.96. The Kier molecular flexibility index (Phi) is 4.50. The molecule has 1 aromatic heterocycles. The number of fused-ring (bicyclic) bond motifs is 1. The molecule has 0 saturated carbocycles. The van der Waals surface area contributed by atoms with E-state index in [2.05, 4.69) is 10.00 Å². The Morgan fingerprint density at radius 1 is 1.23 bits per heavy atom. The minimum absolute atomic E-state index is 0.163. The van der Waals surface area contributed by atoms with E-state index in [4.69, 9.17) is 4.74 Å². The van der Waals surface area contributed by atoms with Gasteiger partial charge in [0.25, 0.3) is 10.0 Å². The SMILES string of the molecule is Cc1nn(C)cc1S(=O)(=O)N1CC(CN2CCOCC2)c2ccccc21. The normalized spacial score (nSPS) is 21.2. The fourth-order valence-electron chi connectivity index (χ4n) is 3.89. The van der Waals surface area contributed by atoms with Gasteiger partial charge in [0.05, 0.1) is 24.6 Å². The summed E-state index contributed by atoms with van der Waals surface area (Å²) in [7, 11) is -1.89. The molecule has 1 unspecified atom stereocenters. The summed E-state index contributed by atoms with van der Waals surface area (Å²) in [6, 6.07) is 7.83. The molecule has 0 N–H and O–H groups in total. The molecule has 0 amide bonds. The molecule has 0 aliphatic carbocycles. The highest BCUT2D eigenvalue weighted by molar-refractivity contribution is 7.93. The molecule has 3 heterocycles. The Labute approximate surface area is 154 Å². The van der Waals surface area contributed by atoms with E-state index in [0.29, 0.717) is 12.2 Å². The van der Waals surface area contributed by atoms with Crippen LogP contribution in [-0.2, 0) is 21.8 Å². The molecule has 0 radical (unpaired) electrons. The van der Waals surface area contributed by atoms with Crippen molar-refractivity contribution in [2.45, 2.75) is 17.7 Å². The first-order chi connectivity index (χ1) is 12.5. The van der Waals surface area contributed by atoms with E-state index in [0.717, 1.165) is 44.1 Å². The standard InChI is InChI=1S/C18H24N4O3S/c1-14-18(13-20(2)19-14)26(23,24)22-12-15(11-21-7-9-25-10-8-21)16-5-3-4-6-17(16)22/h3-6,13,15H,7-12H2,1-2H3. The van der Waals surface area contributed by atoms with E-state index < -0.39 is 10.0 Å². The molecule has 2 aromatic rings. The maximum atomic E-state index is 13.3. The average Bonchev–Trinajstić information content (AvgIpc) is 3.17. The van der Waals surface area contributed by atoms with Gasteiger partial charge >= 0.3 is 0 Å². The lowest BCUT2D eigenvalue weighted by Gasteiger charge is -2.29. The highest BCUT2D eigenvalue weighted by atomic mass is 32.2. The van der Waals surface area contributed by atoms with Crippen LogP contribution in [0.1, 0.15) is 17.2 Å². The van der Waals surface area contributed by atoms with Gasteiger partial charge in [-0.25, -0.2) is 8.42 Å². The zero-order valence-corrected chi connectivity index (χ0v) is 15.9. The molecule has 1 atom stereocenters. The molecule has 0 bridgehead atoms. The van der Waals surface area contributed by atoms with Crippen molar-refractivity contribution in [1.82, 2.24) is 14.7 Å². The van der Waals surface area contributed by atoms with Gasteiger partial charge in [0.1, 0.15) is 4.90 Å². The van der Waals surface area contributed by atoms with E-state index >= 15 is 0 Å². The van der Waals surface area contributed by atoms with E-state index in [1.165, 1.54) is 0 Å². The van der Waals surface area contributed by atoms with E-state index in [1.807, 2.05) is 24.3 Å². The van der Waals surface area contributed by atoms with Crippen molar-refractivity contribution in [3.63, 3.8) is 0 Å². The van der Waals surface area contributed by atoms with Crippen LogP contribution in [0, 0.1) is 6.92 Å². The van der Waals surface area contributed by atoms with Crippen molar-refractivity contribution in [3.05, 3.63) is 41.7 Å². The first kappa shape index (κ1) is 17.5. The van der Waals surface area contributed by atoms with Crippen LogP contribution in [0.2, 0.25) is 0 Å². The summed E-state index contributed by atoms with van der Waals surface area (Å²) >= 11 is 0. The smallest absolute Gasteiger partial charge is 0.267 e. The fraction of sp³-hybridized carbons (Fsp3) is 0.500. The number of nitrogens with zero attached hydrogens (tertiary/aromatic N) is 4. The van der Waals surface area contributed by atoms with Crippen LogP contribution in [-0.4, -0.2) is 62.5 Å². The predicted octanol–water partition coefficient (Wildman–Crippen LogP) is 1.35. The number of hydrogen-bond acceptors (Lipinski definition) is 5. The maximum Gasteiger partial charge on any atom is 0.267 e. The topological polar surface area (TPSA) is 67.7 Å². The molecule has 1 fully saturated rings. The molecule has 8 heteroatoms. The van der Waals surface area contributed by atoms with Crippen LogP contribution in [0.5, 0.6) is 0 Å². The lowest BCUT2D eigenvalue weighted by Crippen LogP contribution is -2.40. The molecule has 4 rings (SSSR count). The molecule has 140 valence electrons. The second-order valence-corrected chi connectivity index (χ2v) is 8.79. The molecular formula is C18H24N4O3S. The van der Waals surface area contributed by atoms with E-state index in [-0.39, 0.29) is 10.8 Å². The van der Waals surface area contributed by atoms with Crippen molar-refractivity contribution < 1.29 is 13.2 Å². The Hall–Kier alpha value is -1.90. The van der Waals surface area contributed by atoms with Crippen LogP contribution < -0.4 is 4.31 Å². The van der Waals surface area contributed by atoms with Gasteiger partial charge in [-0.3, -0.25) is 13.9 Å². The molecule has 2 aliphatic heterocycles. The average molecular weight is 376 g/mol. The Balaban J connectivity index is 1.66. The third kappa shape index (κ3) is 3.02. The third-order valence-electron chi connectivity index (χ3n) is 5.15. The molecule has 1 aromatic carbocycles. The summed E-state index contributed by atoms with van der Waals surface area (Å²) in [4.78, 5) is 2.64. The number of morpholine rings is 1. The number of ether oxygens (including phenoxy) is 1. The summed E-state index contributed by atoms with van der Waals surface area (Å²) in [5.41, 5.74) is 2.42. The number of aromatic nitrogens is 2. The Morgan fingerprint density at radius 3 is 2.65 bits per heavy atom. The lowest BCUT2D eigenvalue weighted by molar-refractivity contribution is 0.0357. The van der Waals surface area contributed by atoms with Gasteiger partial charge in [0.15, 0.2) is 0 Å². The van der Waals surface area contributed by atoms with Gasteiger partial charge in [-0.2, -0.15) is 5.10 Å². The first-order valence-corrected chi connectivity index (χ1v) is 10.3. The fourth-order valence-corrected chi connectivity index (χ4v) is 5.62. The number of aryl methyl sites for hydroxylation is 2. The zero-order chi connectivity index (χ0) is 18.3. The second kappa shape index (κ2) is 6.68. The lowest BCUT2D eigenvalue weighted by atomic mass is 10.0. The van der Waals surface area contributed by atoms with Gasteiger partial charge in [0.2, 0.25) is 0 Å². The first-order valence-electron chi connectivity index (χ1n) is 8.89. The van der Waals surface area contributed by atoms with Gasteiger partial charge in [0, 0.05) is 45.3 Å². The predicted molar refractivity (Wildman–Crippen MR) is 98.9 cm³/mol. The number of anilines is 1. The number of sulfonamides is 1. The number of para-hydroxylation sites is 1. The van der Waals surface area contributed by atoms with Crippen molar-refractivity contribution in [2.75, 3.05) is 43.7 Å². The largest absolute Gasteiger partial charge is 0.379 e. The quantitative estimate of drug-likeness (QED) is 0.806. The number of benzene rings is 1. The van der Waals surface area contributed by atoms with E-state index in [9.17, 15) is 8.42 Å². The van der Waals surface area contributed by atoms with Crippen molar-refractivity contribution >= 4 is 15.7 Å². The monoisotopic (exact) mass is 376 g/mol. The zero-order valence-electron chi connectivity index (χ0n) is 15.1. The highest BCUT2D eigenvalue weighted by Gasteiger charge is 2.38. The van der Waals surface area contributed by atoms with Gasteiger partial charge in [-0.1, -0.05) is 18.2 Å². The van der Waals surface area contributed by atoms with E-state index in [1.54, 1.807) is 29.2 Å². The minimum atomic E-state index is -3.63. The van der Waals surface area contributed by atoms with Crippen LogP contribution in [0.3, 0.4) is 0 Å². The molecular weight excluding hydrogens is 352 g/mol. The number of hydrogen-bond donors (Lipinski definition) is 0. The molecule has 0 spiro atoms. The summed E-state index contributed by atoms with van der Waals surface area (Å²) < 4.78 is 35.1. The molecule has 7 nitrogen and oxygen atoms in total. The molecule has 2 aliphatic rings. The molecule has 26 heavy (non-hydrogen) atoms. The summed E-state index contributed by atoms with van der Waals surface area (Å²) in [5.74, 6) is 0.163. The van der Waals surface area contributed by atoms with Crippen LogP contribution in [0.15, 0.2) is 35.4 Å². The maximum absolute atomic E-state index is 13.3. The van der Waals surface area contributed by atoms with Gasteiger partial charge < -0.3 is 4.74 Å². The summed E-state index contributed by atoms with van der Waals surface area (Å²) in [6.07, 6.45) is 1.59. The van der Waals surface area contributed by atoms with Crippen molar-refractivity contribution in [1.29, 1.82) is 0 Å². The van der Waals surface area contributed by atoms with Crippen molar-refractivity contribution in [3.8, 4) is 0 Å². The van der Waals surface area contributed by atoms with Crippen LogP contribution in [0.25, 0.3) is 0 Å². The molecule has 1 saturated heterocycles. The Bertz CT molecular complexity index is 903.